The molecule has 0 saturated carbocycles. The molecule has 0 spiro atoms. The van der Waals surface area contributed by atoms with Gasteiger partial charge in [0.05, 0.1) is 16.9 Å². The predicted molar refractivity (Wildman–Crippen MR) is 166 cm³/mol. The van der Waals surface area contributed by atoms with Gasteiger partial charge in [0.15, 0.2) is 0 Å². The van der Waals surface area contributed by atoms with E-state index in [-0.39, 0.29) is 18.4 Å². The Kier molecular flexibility index (Phi) is 7.10. The molecule has 0 bridgehead atoms. The number of carbonyl (C=O) groups excluding carboxylic acids is 2. The van der Waals surface area contributed by atoms with Crippen LogP contribution in [0.3, 0.4) is 0 Å². The molecule has 0 radical (unpaired) electrons. The standard InChI is InChI=1S/C35H36N4O2/c1-25-13-17-28(18-14-25)35(23-27-9-4-5-10-30(27)36-35)29-19-15-26(16-20-29)34(41)39-24-33(40)38(22-8-21-37(2)3)31-11-6-7-12-32(31)39/h4-7,9-20,36H,8,21-24H2,1-3H3. The number of amides is 2. The lowest BCUT2D eigenvalue weighted by Crippen LogP contribution is -2.48. The van der Waals surface area contributed by atoms with Gasteiger partial charge in [-0.05, 0) is 81.0 Å². The first-order valence-electron chi connectivity index (χ1n) is 14.3. The van der Waals surface area contributed by atoms with E-state index in [1.165, 1.54) is 16.7 Å². The summed E-state index contributed by atoms with van der Waals surface area (Å²) in [4.78, 5) is 32.7. The van der Waals surface area contributed by atoms with Crippen LogP contribution in [0.2, 0.25) is 0 Å². The number of carbonyl (C=O) groups is 2. The highest BCUT2D eigenvalue weighted by molar-refractivity contribution is 6.15. The summed E-state index contributed by atoms with van der Waals surface area (Å²) in [5.41, 5.74) is 7.59. The van der Waals surface area contributed by atoms with Gasteiger partial charge in [-0.2, -0.15) is 0 Å². The van der Waals surface area contributed by atoms with Crippen molar-refractivity contribution >= 4 is 28.9 Å². The molecule has 4 aromatic rings. The van der Waals surface area contributed by atoms with E-state index < -0.39 is 5.54 Å². The first kappa shape index (κ1) is 26.8. The van der Waals surface area contributed by atoms with Gasteiger partial charge >= 0.3 is 0 Å². The lowest BCUT2D eigenvalue weighted by atomic mass is 9.80. The van der Waals surface area contributed by atoms with Crippen LogP contribution >= 0.6 is 0 Å². The molecule has 41 heavy (non-hydrogen) atoms. The molecule has 0 aliphatic carbocycles. The summed E-state index contributed by atoms with van der Waals surface area (Å²) in [5, 5.41) is 3.81. The Bertz CT molecular complexity index is 1550. The normalized spacial score (nSPS) is 17.8. The third-order valence-corrected chi connectivity index (χ3v) is 8.28. The minimum Gasteiger partial charge on any atom is -0.371 e. The van der Waals surface area contributed by atoms with Gasteiger partial charge in [-0.3, -0.25) is 14.5 Å². The fraction of sp³-hybridized carbons (Fsp3) is 0.257. The average Bonchev–Trinajstić information content (AvgIpc) is 3.39. The van der Waals surface area contributed by atoms with Crippen LogP contribution < -0.4 is 15.1 Å². The Morgan fingerprint density at radius 1 is 0.854 bits per heavy atom. The molecule has 1 unspecified atom stereocenters. The third kappa shape index (κ3) is 5.00. The summed E-state index contributed by atoms with van der Waals surface area (Å²) < 4.78 is 0. The Morgan fingerprint density at radius 2 is 1.49 bits per heavy atom. The highest BCUT2D eigenvalue weighted by Crippen LogP contribution is 2.44. The molecule has 2 amide bonds. The van der Waals surface area contributed by atoms with Gasteiger partial charge < -0.3 is 15.1 Å². The van der Waals surface area contributed by atoms with Crippen molar-refractivity contribution in [1.29, 1.82) is 0 Å². The van der Waals surface area contributed by atoms with E-state index in [2.05, 4.69) is 77.8 Å². The van der Waals surface area contributed by atoms with Crippen molar-refractivity contribution in [2.24, 2.45) is 0 Å². The van der Waals surface area contributed by atoms with Gasteiger partial charge in [0.1, 0.15) is 6.54 Å². The molecule has 1 atom stereocenters. The van der Waals surface area contributed by atoms with Gasteiger partial charge in [0, 0.05) is 24.2 Å². The van der Waals surface area contributed by atoms with E-state index in [0.717, 1.165) is 42.0 Å². The Balaban J connectivity index is 1.30. The Labute approximate surface area is 242 Å². The Morgan fingerprint density at radius 3 is 2.17 bits per heavy atom. The largest absolute Gasteiger partial charge is 0.371 e. The van der Waals surface area contributed by atoms with Crippen LogP contribution in [0.15, 0.2) is 97.1 Å². The number of para-hydroxylation sites is 3. The van der Waals surface area contributed by atoms with Gasteiger partial charge in [0.25, 0.3) is 5.91 Å². The van der Waals surface area contributed by atoms with E-state index in [9.17, 15) is 9.59 Å². The maximum Gasteiger partial charge on any atom is 0.258 e. The van der Waals surface area contributed by atoms with Gasteiger partial charge in [-0.15, -0.1) is 0 Å². The second-order valence-electron chi connectivity index (χ2n) is 11.4. The SMILES string of the molecule is Cc1ccc(C2(c3ccc(C(=O)N4CC(=O)N(CCCN(C)C)c5ccccc54)cc3)Cc3ccccc3N2)cc1. The lowest BCUT2D eigenvalue weighted by molar-refractivity contribution is -0.117. The summed E-state index contributed by atoms with van der Waals surface area (Å²) in [5.74, 6) is -0.226. The summed E-state index contributed by atoms with van der Waals surface area (Å²) in [6, 6.07) is 32.7. The second-order valence-corrected chi connectivity index (χ2v) is 11.4. The number of nitrogens with zero attached hydrogens (tertiary/aromatic N) is 3. The van der Waals surface area contributed by atoms with Crippen molar-refractivity contribution in [2.75, 3.05) is 48.8 Å². The van der Waals surface area contributed by atoms with Gasteiger partial charge in [-0.25, -0.2) is 0 Å². The molecule has 208 valence electrons. The minimum absolute atomic E-state index is 0.0315. The van der Waals surface area contributed by atoms with Crippen LogP contribution in [0.5, 0.6) is 0 Å². The molecule has 6 rings (SSSR count). The first-order chi connectivity index (χ1) is 19.9. The monoisotopic (exact) mass is 544 g/mol. The highest BCUT2D eigenvalue weighted by atomic mass is 16.2. The molecule has 2 heterocycles. The van der Waals surface area contributed by atoms with Crippen LogP contribution in [0.25, 0.3) is 0 Å². The van der Waals surface area contributed by atoms with Crippen molar-refractivity contribution in [2.45, 2.75) is 25.3 Å². The average molecular weight is 545 g/mol. The zero-order chi connectivity index (χ0) is 28.6. The maximum atomic E-state index is 13.8. The lowest BCUT2D eigenvalue weighted by Gasteiger charge is -2.36. The number of fused-ring (bicyclic) bond motifs is 2. The van der Waals surface area contributed by atoms with Crippen molar-refractivity contribution in [1.82, 2.24) is 4.90 Å². The zero-order valence-electron chi connectivity index (χ0n) is 23.9. The number of hydrogen-bond acceptors (Lipinski definition) is 4. The zero-order valence-corrected chi connectivity index (χ0v) is 23.9. The number of aryl methyl sites for hydroxylation is 1. The quantitative estimate of drug-likeness (QED) is 0.317. The molecule has 1 N–H and O–H groups in total. The molecule has 0 aromatic heterocycles. The first-order valence-corrected chi connectivity index (χ1v) is 14.3. The van der Waals surface area contributed by atoms with E-state index in [4.69, 9.17) is 0 Å². The maximum absolute atomic E-state index is 13.8. The molecule has 0 saturated heterocycles. The number of benzene rings is 4. The van der Waals surface area contributed by atoms with Crippen molar-refractivity contribution in [3.05, 3.63) is 125 Å². The molecule has 2 aliphatic rings. The smallest absolute Gasteiger partial charge is 0.258 e. The molecule has 0 fully saturated rings. The van der Waals surface area contributed by atoms with Gasteiger partial charge in [-0.1, -0.05) is 72.3 Å². The number of nitrogens with one attached hydrogen (secondary N) is 1. The van der Waals surface area contributed by atoms with Crippen molar-refractivity contribution in [3.8, 4) is 0 Å². The fourth-order valence-corrected chi connectivity index (χ4v) is 6.09. The predicted octanol–water partition coefficient (Wildman–Crippen LogP) is 5.85. The van der Waals surface area contributed by atoms with Crippen LogP contribution in [-0.2, 0) is 16.8 Å². The summed E-state index contributed by atoms with van der Waals surface area (Å²) in [6.07, 6.45) is 1.68. The van der Waals surface area contributed by atoms with E-state index >= 15 is 0 Å². The third-order valence-electron chi connectivity index (χ3n) is 8.28. The van der Waals surface area contributed by atoms with E-state index in [1.807, 2.05) is 55.4 Å². The van der Waals surface area contributed by atoms with Crippen LogP contribution in [0.4, 0.5) is 17.1 Å². The van der Waals surface area contributed by atoms with Crippen LogP contribution in [0, 0.1) is 6.92 Å². The minimum atomic E-state index is -0.431. The van der Waals surface area contributed by atoms with Gasteiger partial charge in [0.2, 0.25) is 5.91 Å². The topological polar surface area (TPSA) is 55.9 Å². The summed E-state index contributed by atoms with van der Waals surface area (Å²) in [7, 11) is 4.06. The molecular formula is C35H36N4O2. The van der Waals surface area contributed by atoms with E-state index in [1.54, 1.807) is 4.90 Å². The van der Waals surface area contributed by atoms with Crippen LogP contribution in [-0.4, -0.2) is 50.4 Å². The van der Waals surface area contributed by atoms with Crippen LogP contribution in [0.1, 0.15) is 39.0 Å². The van der Waals surface area contributed by atoms with Crippen molar-refractivity contribution in [3.63, 3.8) is 0 Å². The molecular weight excluding hydrogens is 508 g/mol. The molecule has 6 heteroatoms. The fourth-order valence-electron chi connectivity index (χ4n) is 6.09. The molecule has 2 aliphatic heterocycles. The number of rotatable bonds is 7. The molecule has 4 aromatic carbocycles. The number of hydrogen-bond donors (Lipinski definition) is 1. The highest BCUT2D eigenvalue weighted by Gasteiger charge is 2.40. The summed E-state index contributed by atoms with van der Waals surface area (Å²) in [6.45, 7) is 3.65. The Hall–Kier alpha value is -4.42. The second kappa shape index (κ2) is 10.9. The van der Waals surface area contributed by atoms with Crippen molar-refractivity contribution < 1.29 is 9.59 Å². The molecule has 6 nitrogen and oxygen atoms in total. The van der Waals surface area contributed by atoms with E-state index in [0.29, 0.717) is 12.1 Å². The summed E-state index contributed by atoms with van der Waals surface area (Å²) >= 11 is 0. The number of anilines is 3.